The lowest BCUT2D eigenvalue weighted by atomic mass is 10.1. The van der Waals surface area contributed by atoms with Gasteiger partial charge in [0.25, 0.3) is 0 Å². The van der Waals surface area contributed by atoms with E-state index in [1.54, 1.807) is 20.3 Å². The van der Waals surface area contributed by atoms with Crippen LogP contribution in [0.1, 0.15) is 23.5 Å². The van der Waals surface area contributed by atoms with E-state index in [0.717, 1.165) is 29.1 Å². The number of ether oxygens (including phenoxy) is 2. The molecule has 1 aliphatic carbocycles. The smallest absolute Gasteiger partial charge is 0.188 e. The molecule has 2 aromatic carbocycles. The van der Waals surface area contributed by atoms with Crippen molar-refractivity contribution in [2.24, 2.45) is 16.6 Å². The Kier molecular flexibility index (Phi) is 6.34. The lowest BCUT2D eigenvalue weighted by Gasteiger charge is -2.09. The van der Waals surface area contributed by atoms with Gasteiger partial charge in [-0.3, -0.25) is 0 Å². The molecule has 0 aromatic heterocycles. The summed E-state index contributed by atoms with van der Waals surface area (Å²) in [6.45, 7) is 1.24. The third kappa shape index (κ3) is 4.99. The van der Waals surface area contributed by atoms with E-state index >= 15 is 0 Å². The van der Waals surface area contributed by atoms with Gasteiger partial charge in [0.1, 0.15) is 0 Å². The normalized spacial score (nSPS) is 18.9. The number of nitrogens with one attached hydrogen (secondary N) is 1. The van der Waals surface area contributed by atoms with Crippen molar-refractivity contribution in [1.29, 1.82) is 0 Å². The summed E-state index contributed by atoms with van der Waals surface area (Å²) < 4.78 is 10.5. The average molecular weight is 408 g/mol. The van der Waals surface area contributed by atoms with E-state index in [-0.39, 0.29) is 0 Å². The fourth-order valence-corrected chi connectivity index (χ4v) is 3.65. The number of hydrogen-bond acceptors (Lipinski definition) is 3. The summed E-state index contributed by atoms with van der Waals surface area (Å²) in [4.78, 5) is 4.40. The molecule has 0 radical (unpaired) electrons. The first kappa shape index (κ1) is 19.6. The van der Waals surface area contributed by atoms with Crippen molar-refractivity contribution in [3.63, 3.8) is 0 Å². The summed E-state index contributed by atoms with van der Waals surface area (Å²) in [6, 6.07) is 11.4. The van der Waals surface area contributed by atoms with E-state index in [9.17, 15) is 0 Å². The highest BCUT2D eigenvalue weighted by Crippen LogP contribution is 2.49. The van der Waals surface area contributed by atoms with E-state index in [4.69, 9.17) is 38.4 Å². The summed E-state index contributed by atoms with van der Waals surface area (Å²) in [5.74, 6) is 2.74. The number of nitrogens with two attached hydrogens (primary N) is 1. The Morgan fingerprint density at radius 2 is 1.93 bits per heavy atom. The van der Waals surface area contributed by atoms with E-state index < -0.39 is 0 Å². The summed E-state index contributed by atoms with van der Waals surface area (Å²) in [5.41, 5.74) is 8.14. The van der Waals surface area contributed by atoms with Gasteiger partial charge in [-0.05, 0) is 53.6 Å². The number of halogens is 2. The minimum absolute atomic E-state index is 0.428. The molecule has 0 heterocycles. The van der Waals surface area contributed by atoms with E-state index in [2.05, 4.69) is 10.3 Å². The minimum Gasteiger partial charge on any atom is -0.493 e. The lowest BCUT2D eigenvalue weighted by molar-refractivity contribution is 0.354. The van der Waals surface area contributed by atoms with Crippen LogP contribution >= 0.6 is 23.2 Å². The number of nitrogens with zero attached hydrogens (tertiary/aromatic N) is 1. The zero-order valence-electron chi connectivity index (χ0n) is 15.3. The zero-order valence-corrected chi connectivity index (χ0v) is 16.8. The molecule has 144 valence electrons. The van der Waals surface area contributed by atoms with Crippen molar-refractivity contribution in [2.75, 3.05) is 20.8 Å². The Labute approximate surface area is 169 Å². The molecule has 2 atom stereocenters. The topological polar surface area (TPSA) is 68.9 Å². The van der Waals surface area contributed by atoms with Gasteiger partial charge in [0.15, 0.2) is 17.5 Å². The first-order valence-electron chi connectivity index (χ1n) is 8.71. The minimum atomic E-state index is 0.428. The van der Waals surface area contributed by atoms with Gasteiger partial charge < -0.3 is 20.5 Å². The van der Waals surface area contributed by atoms with Crippen molar-refractivity contribution in [3.8, 4) is 11.5 Å². The maximum absolute atomic E-state index is 6.28. The molecule has 7 heteroatoms. The molecular formula is C20H23Cl2N3O2. The summed E-state index contributed by atoms with van der Waals surface area (Å²) in [5, 5.41) is 4.58. The Balaban J connectivity index is 1.51. The fourth-order valence-electron chi connectivity index (χ4n) is 3.10. The van der Waals surface area contributed by atoms with Crippen LogP contribution in [0, 0.1) is 5.92 Å². The Morgan fingerprint density at radius 3 is 2.63 bits per heavy atom. The predicted molar refractivity (Wildman–Crippen MR) is 110 cm³/mol. The van der Waals surface area contributed by atoms with Crippen molar-refractivity contribution in [2.45, 2.75) is 18.9 Å². The molecule has 2 unspecified atom stereocenters. The first-order chi connectivity index (χ1) is 13.0. The molecule has 5 nitrogen and oxygen atoms in total. The monoisotopic (exact) mass is 407 g/mol. The van der Waals surface area contributed by atoms with Gasteiger partial charge in [0, 0.05) is 16.6 Å². The number of rotatable bonds is 7. The van der Waals surface area contributed by atoms with Crippen molar-refractivity contribution < 1.29 is 9.47 Å². The quantitative estimate of drug-likeness (QED) is 0.532. The molecule has 0 saturated heterocycles. The van der Waals surface area contributed by atoms with Gasteiger partial charge in [-0.2, -0.15) is 0 Å². The average Bonchev–Trinajstić information content (AvgIpc) is 3.43. The molecule has 3 N–H and O–H groups in total. The van der Waals surface area contributed by atoms with Crippen LogP contribution in [-0.4, -0.2) is 26.7 Å². The highest BCUT2D eigenvalue weighted by atomic mass is 35.5. The third-order valence-electron chi connectivity index (χ3n) is 4.71. The maximum Gasteiger partial charge on any atom is 0.188 e. The molecule has 3 rings (SSSR count). The van der Waals surface area contributed by atoms with Crippen molar-refractivity contribution in [1.82, 2.24) is 5.32 Å². The van der Waals surface area contributed by atoms with Crippen LogP contribution in [0.15, 0.2) is 41.4 Å². The fraction of sp³-hybridized carbons (Fsp3) is 0.350. The highest BCUT2D eigenvalue weighted by Gasteiger charge is 2.39. The van der Waals surface area contributed by atoms with Crippen LogP contribution in [0.25, 0.3) is 0 Å². The predicted octanol–water partition coefficient (Wildman–Crippen LogP) is 4.22. The van der Waals surface area contributed by atoms with Gasteiger partial charge in [-0.25, -0.2) is 4.99 Å². The molecule has 1 saturated carbocycles. The van der Waals surface area contributed by atoms with Gasteiger partial charge >= 0.3 is 0 Å². The second kappa shape index (κ2) is 8.72. The summed E-state index contributed by atoms with van der Waals surface area (Å²) in [6.07, 6.45) is 1.08. The molecule has 0 bridgehead atoms. The van der Waals surface area contributed by atoms with Crippen LogP contribution < -0.4 is 20.5 Å². The Hall–Kier alpha value is -2.11. The highest BCUT2D eigenvalue weighted by molar-refractivity contribution is 6.35. The molecule has 0 aliphatic heterocycles. The summed E-state index contributed by atoms with van der Waals surface area (Å²) >= 11 is 12.2. The number of aliphatic imine (C=N–C) groups is 1. The Morgan fingerprint density at radius 1 is 1.15 bits per heavy atom. The van der Waals surface area contributed by atoms with Crippen LogP contribution in [0.5, 0.6) is 11.5 Å². The first-order valence-corrected chi connectivity index (χ1v) is 9.47. The van der Waals surface area contributed by atoms with Gasteiger partial charge in [-0.1, -0.05) is 35.3 Å². The van der Waals surface area contributed by atoms with Gasteiger partial charge in [-0.15, -0.1) is 0 Å². The second-order valence-corrected chi connectivity index (χ2v) is 7.38. The number of methoxy groups -OCH3 is 2. The zero-order chi connectivity index (χ0) is 19.4. The summed E-state index contributed by atoms with van der Waals surface area (Å²) in [7, 11) is 3.22. The Bertz CT molecular complexity index is 842. The molecular weight excluding hydrogens is 385 g/mol. The SMILES string of the molecule is COc1ccc(CN=C(N)NCC2CC2c2ccc(Cl)cc2Cl)cc1OC. The van der Waals surface area contributed by atoms with Crippen molar-refractivity contribution >= 4 is 29.2 Å². The van der Waals surface area contributed by atoms with Gasteiger partial charge in [0.05, 0.1) is 20.8 Å². The van der Waals surface area contributed by atoms with Crippen LogP contribution in [-0.2, 0) is 6.54 Å². The van der Waals surface area contributed by atoms with Crippen LogP contribution in [0.2, 0.25) is 10.0 Å². The van der Waals surface area contributed by atoms with E-state index in [0.29, 0.717) is 40.9 Å². The van der Waals surface area contributed by atoms with E-state index in [1.165, 1.54) is 0 Å². The number of guanidine groups is 1. The molecule has 1 fully saturated rings. The standard InChI is InChI=1S/C20H23Cl2N3O2/c1-26-18-6-3-12(7-19(18)27-2)10-24-20(23)25-11-13-8-16(13)15-5-4-14(21)9-17(15)22/h3-7,9,13,16H,8,10-11H2,1-2H3,(H3,23,24,25). The van der Waals surface area contributed by atoms with Crippen molar-refractivity contribution in [3.05, 3.63) is 57.6 Å². The van der Waals surface area contributed by atoms with E-state index in [1.807, 2.05) is 30.3 Å². The molecule has 1 aliphatic rings. The maximum atomic E-state index is 6.28. The van der Waals surface area contributed by atoms with Crippen LogP contribution in [0.4, 0.5) is 0 Å². The largest absolute Gasteiger partial charge is 0.493 e. The molecule has 27 heavy (non-hydrogen) atoms. The van der Waals surface area contributed by atoms with Crippen LogP contribution in [0.3, 0.4) is 0 Å². The second-order valence-electron chi connectivity index (χ2n) is 6.54. The lowest BCUT2D eigenvalue weighted by Crippen LogP contribution is -2.33. The number of hydrogen-bond donors (Lipinski definition) is 2. The molecule has 2 aromatic rings. The third-order valence-corrected chi connectivity index (χ3v) is 5.27. The molecule has 0 amide bonds. The molecule has 0 spiro atoms. The number of benzene rings is 2. The van der Waals surface area contributed by atoms with Gasteiger partial charge in [0.2, 0.25) is 0 Å².